The molecule has 3 rings (SSSR count). The molecule has 146 valence electrons. The van der Waals surface area contributed by atoms with Gasteiger partial charge in [0.05, 0.1) is 29.0 Å². The molecule has 9 heteroatoms. The zero-order valence-electron chi connectivity index (χ0n) is 14.8. The Labute approximate surface area is 172 Å². The van der Waals surface area contributed by atoms with E-state index < -0.39 is 0 Å². The standard InChI is InChI=1S/C18H22Cl2N4O2S/c19-15-4-3-13(9-16(15)20)10-21-17(25)23-18-22-14(12-27-18)11-26-8-7-24-5-1-2-6-24/h3-4,9,12H,1-2,5-8,10-11H2,(H2,21,22,23,25). The summed E-state index contributed by atoms with van der Waals surface area (Å²) in [6, 6.07) is 4.92. The monoisotopic (exact) mass is 428 g/mol. The van der Waals surface area contributed by atoms with Crippen molar-refractivity contribution < 1.29 is 9.53 Å². The van der Waals surface area contributed by atoms with Crippen LogP contribution in [0.25, 0.3) is 0 Å². The third-order valence-corrected chi connectivity index (χ3v) is 5.76. The highest BCUT2D eigenvalue weighted by Crippen LogP contribution is 2.22. The lowest BCUT2D eigenvalue weighted by Gasteiger charge is -2.13. The van der Waals surface area contributed by atoms with Crippen LogP contribution in [0.2, 0.25) is 10.0 Å². The van der Waals surface area contributed by atoms with E-state index in [0.717, 1.165) is 17.8 Å². The molecule has 2 aromatic rings. The zero-order chi connectivity index (χ0) is 19.1. The number of likely N-dealkylation sites (tertiary alicyclic amines) is 1. The zero-order valence-corrected chi connectivity index (χ0v) is 17.2. The maximum Gasteiger partial charge on any atom is 0.321 e. The third-order valence-electron chi connectivity index (χ3n) is 4.21. The average Bonchev–Trinajstić information content (AvgIpc) is 3.32. The maximum atomic E-state index is 12.0. The molecule has 6 nitrogen and oxygen atoms in total. The Kier molecular flexibility index (Phi) is 7.72. The number of carbonyl (C=O) groups is 1. The molecule has 0 unspecified atom stereocenters. The van der Waals surface area contributed by atoms with Crippen molar-refractivity contribution in [3.05, 3.63) is 44.9 Å². The fourth-order valence-electron chi connectivity index (χ4n) is 2.78. The van der Waals surface area contributed by atoms with Crippen LogP contribution in [0.5, 0.6) is 0 Å². The van der Waals surface area contributed by atoms with Crippen molar-refractivity contribution >= 4 is 45.7 Å². The molecule has 0 aliphatic carbocycles. The summed E-state index contributed by atoms with van der Waals surface area (Å²) in [6.07, 6.45) is 2.57. The van der Waals surface area contributed by atoms with Crippen LogP contribution < -0.4 is 10.6 Å². The van der Waals surface area contributed by atoms with E-state index in [-0.39, 0.29) is 6.03 Å². The van der Waals surface area contributed by atoms with Gasteiger partial charge in [-0.2, -0.15) is 0 Å². The van der Waals surface area contributed by atoms with Gasteiger partial charge in [-0.25, -0.2) is 9.78 Å². The number of urea groups is 1. The molecule has 2 N–H and O–H groups in total. The summed E-state index contributed by atoms with van der Waals surface area (Å²) in [6.45, 7) is 4.81. The number of benzene rings is 1. The molecule has 0 spiro atoms. The Morgan fingerprint density at radius 3 is 2.85 bits per heavy atom. The van der Waals surface area contributed by atoms with Gasteiger partial charge in [0.2, 0.25) is 0 Å². The molecule has 0 atom stereocenters. The first-order valence-corrected chi connectivity index (χ1v) is 10.5. The molecule has 1 aromatic carbocycles. The largest absolute Gasteiger partial charge is 0.374 e. The van der Waals surface area contributed by atoms with E-state index in [1.807, 2.05) is 11.4 Å². The Morgan fingerprint density at radius 2 is 2.07 bits per heavy atom. The lowest BCUT2D eigenvalue weighted by Crippen LogP contribution is -2.28. The van der Waals surface area contributed by atoms with Crippen molar-refractivity contribution in [2.75, 3.05) is 31.6 Å². The number of ether oxygens (including phenoxy) is 1. The molecule has 1 fully saturated rings. The van der Waals surface area contributed by atoms with E-state index in [4.69, 9.17) is 27.9 Å². The predicted octanol–water partition coefficient (Wildman–Crippen LogP) is 4.38. The normalized spacial score (nSPS) is 14.4. The fraction of sp³-hybridized carbons (Fsp3) is 0.444. The number of aromatic nitrogens is 1. The summed E-state index contributed by atoms with van der Waals surface area (Å²) in [7, 11) is 0. The second-order valence-electron chi connectivity index (χ2n) is 6.30. The third kappa shape index (κ3) is 6.62. The van der Waals surface area contributed by atoms with Crippen molar-refractivity contribution in [1.29, 1.82) is 0 Å². The summed E-state index contributed by atoms with van der Waals surface area (Å²) >= 11 is 13.2. The predicted molar refractivity (Wildman–Crippen MR) is 110 cm³/mol. The number of hydrogen-bond acceptors (Lipinski definition) is 5. The summed E-state index contributed by atoms with van der Waals surface area (Å²) < 4.78 is 5.68. The van der Waals surface area contributed by atoms with E-state index in [2.05, 4.69) is 20.5 Å². The van der Waals surface area contributed by atoms with Crippen LogP contribution in [0.15, 0.2) is 23.6 Å². The number of thiazole rings is 1. The molecule has 1 saturated heterocycles. The minimum atomic E-state index is -0.322. The van der Waals surface area contributed by atoms with Gasteiger partial charge in [-0.3, -0.25) is 5.32 Å². The topological polar surface area (TPSA) is 66.5 Å². The van der Waals surface area contributed by atoms with Gasteiger partial charge in [-0.05, 0) is 43.6 Å². The van der Waals surface area contributed by atoms with E-state index >= 15 is 0 Å². The SMILES string of the molecule is O=C(NCc1ccc(Cl)c(Cl)c1)Nc1nc(COCCN2CCCC2)cs1. The second-order valence-corrected chi connectivity index (χ2v) is 7.97. The van der Waals surface area contributed by atoms with Crippen molar-refractivity contribution in [3.63, 3.8) is 0 Å². The number of carbonyl (C=O) groups excluding carboxylic acids is 1. The number of nitrogens with one attached hydrogen (secondary N) is 2. The summed E-state index contributed by atoms with van der Waals surface area (Å²) in [5.74, 6) is 0. The molecule has 0 saturated carbocycles. The molecular weight excluding hydrogens is 407 g/mol. The van der Waals surface area contributed by atoms with Crippen LogP contribution in [0.3, 0.4) is 0 Å². The number of hydrogen-bond donors (Lipinski definition) is 2. The van der Waals surface area contributed by atoms with Crippen molar-refractivity contribution in [2.24, 2.45) is 0 Å². The lowest BCUT2D eigenvalue weighted by molar-refractivity contribution is 0.0975. The van der Waals surface area contributed by atoms with Crippen LogP contribution in [-0.2, 0) is 17.9 Å². The second kappa shape index (κ2) is 10.2. The number of nitrogens with zero attached hydrogens (tertiary/aromatic N) is 2. The first-order chi connectivity index (χ1) is 13.1. The smallest absolute Gasteiger partial charge is 0.321 e. The molecular formula is C18H22Cl2N4O2S. The summed E-state index contributed by atoms with van der Waals surface area (Å²) in [5.41, 5.74) is 1.69. The molecule has 1 aromatic heterocycles. The first-order valence-electron chi connectivity index (χ1n) is 8.83. The highest BCUT2D eigenvalue weighted by atomic mass is 35.5. The molecule has 1 aliphatic heterocycles. The van der Waals surface area contributed by atoms with E-state index in [0.29, 0.717) is 34.9 Å². The summed E-state index contributed by atoms with van der Waals surface area (Å²) in [5, 5.41) is 8.88. The fourth-order valence-corrected chi connectivity index (χ4v) is 3.79. The van der Waals surface area contributed by atoms with E-state index in [9.17, 15) is 4.79 Å². The van der Waals surface area contributed by atoms with Crippen molar-refractivity contribution in [1.82, 2.24) is 15.2 Å². The number of anilines is 1. The molecule has 2 heterocycles. The van der Waals surface area contributed by atoms with Gasteiger partial charge in [0, 0.05) is 18.5 Å². The van der Waals surface area contributed by atoms with Crippen LogP contribution in [0.4, 0.5) is 9.93 Å². The Bertz CT molecular complexity index is 766. The first kappa shape index (κ1) is 20.4. The van der Waals surface area contributed by atoms with Crippen LogP contribution in [-0.4, -0.2) is 42.2 Å². The van der Waals surface area contributed by atoms with Gasteiger partial charge in [0.1, 0.15) is 0 Å². The average molecular weight is 429 g/mol. The van der Waals surface area contributed by atoms with Gasteiger partial charge in [0.15, 0.2) is 5.13 Å². The van der Waals surface area contributed by atoms with Crippen LogP contribution in [0.1, 0.15) is 24.1 Å². The highest BCUT2D eigenvalue weighted by Gasteiger charge is 2.11. The lowest BCUT2D eigenvalue weighted by atomic mass is 10.2. The van der Waals surface area contributed by atoms with Gasteiger partial charge in [-0.1, -0.05) is 29.3 Å². The molecule has 27 heavy (non-hydrogen) atoms. The molecule has 1 aliphatic rings. The minimum Gasteiger partial charge on any atom is -0.374 e. The number of halogens is 2. The minimum absolute atomic E-state index is 0.322. The molecule has 0 radical (unpaired) electrons. The van der Waals surface area contributed by atoms with Crippen LogP contribution in [0, 0.1) is 0 Å². The molecule has 0 bridgehead atoms. The maximum absolute atomic E-state index is 12.0. The Balaban J connectivity index is 1.36. The van der Waals surface area contributed by atoms with Gasteiger partial charge >= 0.3 is 6.03 Å². The van der Waals surface area contributed by atoms with Gasteiger partial charge < -0.3 is 15.0 Å². The number of amides is 2. The van der Waals surface area contributed by atoms with Gasteiger partial charge in [0.25, 0.3) is 0 Å². The van der Waals surface area contributed by atoms with Crippen LogP contribution >= 0.6 is 34.5 Å². The van der Waals surface area contributed by atoms with E-state index in [1.165, 1.54) is 37.3 Å². The Hall–Kier alpha value is -1.38. The quantitative estimate of drug-likeness (QED) is 0.611. The number of rotatable bonds is 8. The Morgan fingerprint density at radius 1 is 1.26 bits per heavy atom. The van der Waals surface area contributed by atoms with E-state index in [1.54, 1.807) is 12.1 Å². The highest BCUT2D eigenvalue weighted by molar-refractivity contribution is 7.13. The molecule has 2 amide bonds. The van der Waals surface area contributed by atoms with Crippen molar-refractivity contribution in [2.45, 2.75) is 26.0 Å². The van der Waals surface area contributed by atoms with Crippen molar-refractivity contribution in [3.8, 4) is 0 Å². The van der Waals surface area contributed by atoms with Gasteiger partial charge in [-0.15, -0.1) is 11.3 Å². The summed E-state index contributed by atoms with van der Waals surface area (Å²) in [4.78, 5) is 18.8.